The van der Waals surface area contributed by atoms with Crippen molar-refractivity contribution in [2.75, 3.05) is 7.05 Å². The molecule has 0 bridgehead atoms. The molecule has 0 spiro atoms. The first-order valence-corrected chi connectivity index (χ1v) is 5.38. The van der Waals surface area contributed by atoms with E-state index in [9.17, 15) is 0 Å². The molecule has 2 aromatic heterocycles. The second-order valence-electron chi connectivity index (χ2n) is 3.32. The Bertz CT molecular complexity index is 599. The van der Waals surface area contributed by atoms with E-state index in [0.717, 1.165) is 16.7 Å². The average molecular weight is 247 g/mol. The zero-order chi connectivity index (χ0) is 12.3. The topological polar surface area (TPSA) is 42.5 Å². The fraction of sp³-hybridized carbons (Fsp3) is 0.0833. The molecule has 0 aliphatic heterocycles. The lowest BCUT2D eigenvalue weighted by Gasteiger charge is -2.08. The maximum absolute atomic E-state index is 5.76. The van der Waals surface area contributed by atoms with Crippen LogP contribution < -0.4 is 5.49 Å². The molecule has 2 heterocycles. The summed E-state index contributed by atoms with van der Waals surface area (Å²) in [5.74, 6) is 0. The summed E-state index contributed by atoms with van der Waals surface area (Å²) in [6, 6.07) is 9.32. The van der Waals surface area contributed by atoms with E-state index in [4.69, 9.17) is 11.6 Å². The van der Waals surface area contributed by atoms with Crippen LogP contribution in [0.5, 0.6) is 0 Å². The van der Waals surface area contributed by atoms with Crippen molar-refractivity contribution < 1.29 is 0 Å². The van der Waals surface area contributed by atoms with E-state index in [1.807, 2.05) is 24.3 Å². The molecule has 0 amide bonds. The molecule has 86 valence electrons. The number of pyridine rings is 2. The van der Waals surface area contributed by atoms with Crippen LogP contribution in [0.1, 0.15) is 0 Å². The first-order valence-electron chi connectivity index (χ1n) is 5.00. The van der Waals surface area contributed by atoms with Crippen molar-refractivity contribution in [2.24, 2.45) is 10.1 Å². The van der Waals surface area contributed by atoms with Gasteiger partial charge < -0.3 is 0 Å². The van der Waals surface area contributed by atoms with Gasteiger partial charge in [-0.25, -0.2) is 9.66 Å². The number of halogens is 1. The summed E-state index contributed by atoms with van der Waals surface area (Å²) in [7, 11) is 1.71. The van der Waals surface area contributed by atoms with Crippen LogP contribution in [0, 0.1) is 0 Å². The Hall–Kier alpha value is -1.94. The van der Waals surface area contributed by atoms with E-state index in [-0.39, 0.29) is 0 Å². The third-order valence-electron chi connectivity index (χ3n) is 2.34. The molecule has 0 atom stereocenters. The molecule has 0 fully saturated rings. The van der Waals surface area contributed by atoms with Gasteiger partial charge in [0.05, 0.1) is 5.69 Å². The van der Waals surface area contributed by atoms with Gasteiger partial charge in [-0.15, -0.1) is 0 Å². The first-order chi connectivity index (χ1) is 8.26. The lowest BCUT2D eigenvalue weighted by atomic mass is 10.2. The maximum Gasteiger partial charge on any atom is 0.149 e. The van der Waals surface area contributed by atoms with E-state index in [1.165, 1.54) is 0 Å². The van der Waals surface area contributed by atoms with Crippen molar-refractivity contribution in [3.05, 3.63) is 47.2 Å². The zero-order valence-electron chi connectivity index (χ0n) is 9.34. The highest BCUT2D eigenvalue weighted by molar-refractivity contribution is 6.29. The monoisotopic (exact) mass is 246 g/mol. The van der Waals surface area contributed by atoms with Gasteiger partial charge in [-0.1, -0.05) is 17.7 Å². The van der Waals surface area contributed by atoms with Gasteiger partial charge in [-0.05, 0) is 24.3 Å². The van der Waals surface area contributed by atoms with Gasteiger partial charge in [-0.2, -0.15) is 5.10 Å². The van der Waals surface area contributed by atoms with Gasteiger partial charge in [0.1, 0.15) is 10.6 Å². The highest BCUT2D eigenvalue weighted by Gasteiger charge is 2.03. The molecule has 0 unspecified atom stereocenters. The van der Waals surface area contributed by atoms with Gasteiger partial charge >= 0.3 is 0 Å². The Morgan fingerprint density at radius 3 is 2.71 bits per heavy atom. The lowest BCUT2D eigenvalue weighted by molar-refractivity contribution is 0.816. The SMILES string of the molecule is C=Nn1c(-c2ccc(Cl)nc2)cccc1=NC. The Balaban J connectivity index is 2.67. The third-order valence-corrected chi connectivity index (χ3v) is 2.56. The summed E-state index contributed by atoms with van der Waals surface area (Å²) in [5.41, 5.74) is 2.51. The van der Waals surface area contributed by atoms with Gasteiger partial charge in [0, 0.05) is 25.5 Å². The van der Waals surface area contributed by atoms with Crippen molar-refractivity contribution >= 4 is 18.3 Å². The van der Waals surface area contributed by atoms with Gasteiger partial charge in [0.15, 0.2) is 0 Å². The average Bonchev–Trinajstić information content (AvgIpc) is 2.38. The Morgan fingerprint density at radius 2 is 2.12 bits per heavy atom. The molecule has 0 saturated carbocycles. The molecule has 2 aromatic rings. The quantitative estimate of drug-likeness (QED) is 0.592. The molecule has 0 N–H and O–H groups in total. The highest BCUT2D eigenvalue weighted by Crippen LogP contribution is 2.18. The molecule has 0 aliphatic rings. The predicted octanol–water partition coefficient (Wildman–Crippen LogP) is 2.20. The second-order valence-corrected chi connectivity index (χ2v) is 3.70. The molecular formula is C12H11ClN4. The van der Waals surface area contributed by atoms with Crippen LogP contribution in [-0.4, -0.2) is 23.4 Å². The van der Waals surface area contributed by atoms with Gasteiger partial charge in [0.2, 0.25) is 0 Å². The highest BCUT2D eigenvalue weighted by atomic mass is 35.5. The first kappa shape index (κ1) is 11.5. The Morgan fingerprint density at radius 1 is 1.29 bits per heavy atom. The Labute approximate surface area is 104 Å². The van der Waals surface area contributed by atoms with Gasteiger partial charge in [0.25, 0.3) is 0 Å². The summed E-state index contributed by atoms with van der Waals surface area (Å²) in [6.07, 6.45) is 1.69. The van der Waals surface area contributed by atoms with Crippen LogP contribution in [0.3, 0.4) is 0 Å². The molecule has 0 radical (unpaired) electrons. The summed E-state index contributed by atoms with van der Waals surface area (Å²) >= 11 is 5.76. The lowest BCUT2D eigenvalue weighted by Crippen LogP contribution is -2.17. The predicted molar refractivity (Wildman–Crippen MR) is 69.1 cm³/mol. The van der Waals surface area contributed by atoms with Crippen LogP contribution >= 0.6 is 11.6 Å². The van der Waals surface area contributed by atoms with Gasteiger partial charge in [-0.3, -0.25) is 4.99 Å². The summed E-state index contributed by atoms with van der Waals surface area (Å²) in [4.78, 5) is 8.17. The molecule has 5 heteroatoms. The van der Waals surface area contributed by atoms with Crippen LogP contribution in [-0.2, 0) is 0 Å². The normalized spacial score (nSPS) is 11.5. The van der Waals surface area contributed by atoms with E-state index < -0.39 is 0 Å². The van der Waals surface area contributed by atoms with Crippen molar-refractivity contribution in [1.82, 2.24) is 9.66 Å². The number of rotatable bonds is 2. The minimum Gasteiger partial charge on any atom is -0.270 e. The zero-order valence-corrected chi connectivity index (χ0v) is 10.1. The minimum absolute atomic E-state index is 0.461. The molecule has 0 aliphatic carbocycles. The van der Waals surface area contributed by atoms with E-state index in [0.29, 0.717) is 5.15 Å². The van der Waals surface area contributed by atoms with Crippen molar-refractivity contribution in [3.63, 3.8) is 0 Å². The van der Waals surface area contributed by atoms with Crippen LogP contribution in [0.4, 0.5) is 0 Å². The smallest absolute Gasteiger partial charge is 0.149 e. The molecular weight excluding hydrogens is 236 g/mol. The van der Waals surface area contributed by atoms with Crippen LogP contribution in [0.25, 0.3) is 11.3 Å². The molecule has 0 aromatic carbocycles. The van der Waals surface area contributed by atoms with Crippen molar-refractivity contribution in [1.29, 1.82) is 0 Å². The summed E-state index contributed by atoms with van der Waals surface area (Å²) in [5, 5.41) is 4.41. The number of aromatic nitrogens is 2. The Kier molecular flexibility index (Phi) is 3.35. The van der Waals surface area contributed by atoms with Crippen LogP contribution in [0.2, 0.25) is 5.15 Å². The fourth-order valence-corrected chi connectivity index (χ4v) is 1.67. The molecule has 17 heavy (non-hydrogen) atoms. The third kappa shape index (κ3) is 2.26. The number of nitrogens with zero attached hydrogens (tertiary/aromatic N) is 4. The second kappa shape index (κ2) is 4.93. The van der Waals surface area contributed by atoms with E-state index in [1.54, 1.807) is 24.0 Å². The summed E-state index contributed by atoms with van der Waals surface area (Å²) < 4.78 is 1.66. The number of hydrogen-bond donors (Lipinski definition) is 0. The van der Waals surface area contributed by atoms with Crippen LogP contribution in [0.15, 0.2) is 46.6 Å². The summed E-state index contributed by atoms with van der Waals surface area (Å²) in [6.45, 7) is 3.55. The molecule has 0 saturated heterocycles. The largest absolute Gasteiger partial charge is 0.270 e. The number of hydrogen-bond acceptors (Lipinski definition) is 3. The van der Waals surface area contributed by atoms with E-state index >= 15 is 0 Å². The molecule has 2 rings (SSSR count). The molecule has 4 nitrogen and oxygen atoms in total. The maximum atomic E-state index is 5.76. The fourth-order valence-electron chi connectivity index (χ4n) is 1.55. The standard InChI is InChI=1S/C12H11ClN4/c1-14-12-5-3-4-10(17(12)15-2)9-6-7-11(13)16-8-9/h3-8H,2H2,1H3. The van der Waals surface area contributed by atoms with Crippen molar-refractivity contribution in [3.8, 4) is 11.3 Å². The minimum atomic E-state index is 0.461. The van der Waals surface area contributed by atoms with Crippen molar-refractivity contribution in [2.45, 2.75) is 0 Å². The van der Waals surface area contributed by atoms with E-state index in [2.05, 4.69) is 21.8 Å².